The van der Waals surface area contributed by atoms with Gasteiger partial charge in [0.1, 0.15) is 0 Å². The van der Waals surface area contributed by atoms with E-state index < -0.39 is 15.5 Å². The fourth-order valence-electron chi connectivity index (χ4n) is 1.75. The van der Waals surface area contributed by atoms with Crippen molar-refractivity contribution in [1.29, 1.82) is 0 Å². The first-order valence-corrected chi connectivity index (χ1v) is 7.77. The summed E-state index contributed by atoms with van der Waals surface area (Å²) in [7, 11) is 1.94. The first-order chi connectivity index (χ1) is 8.11. The van der Waals surface area contributed by atoms with Crippen LogP contribution in [-0.2, 0) is 10.1 Å². The number of rotatable bonds is 8. The highest BCUT2D eigenvalue weighted by Gasteiger charge is 2.29. The van der Waals surface area contributed by atoms with Crippen molar-refractivity contribution in [3.05, 3.63) is 12.3 Å². The molecule has 0 bridgehead atoms. The molecule has 108 valence electrons. The van der Waals surface area contributed by atoms with Crippen molar-refractivity contribution in [2.24, 2.45) is 0 Å². The molecule has 0 aromatic rings. The standard InChI is InChI=1S/C12H26N2O3S/c1-6-9-13(10-7-2)12(18(15,16)17)8-11-14(3,4)5/h6,9,12H,7-8,10-11H2,1-5H3/p+1. The highest BCUT2D eigenvalue weighted by atomic mass is 32.2. The lowest BCUT2D eigenvalue weighted by Crippen LogP contribution is -2.43. The average molecular weight is 279 g/mol. The fraction of sp³-hybridized carbons (Fsp3) is 0.833. The van der Waals surface area contributed by atoms with E-state index in [4.69, 9.17) is 0 Å². The van der Waals surface area contributed by atoms with Crippen LogP contribution >= 0.6 is 0 Å². The maximum Gasteiger partial charge on any atom is 0.286 e. The predicted octanol–water partition coefficient (Wildman–Crippen LogP) is 1.54. The second-order valence-electron chi connectivity index (χ2n) is 5.49. The quantitative estimate of drug-likeness (QED) is 0.541. The molecule has 6 heteroatoms. The molecule has 0 rings (SSSR count). The van der Waals surface area contributed by atoms with Crippen LogP contribution in [0.5, 0.6) is 0 Å². The number of nitrogens with zero attached hydrogens (tertiary/aromatic N) is 2. The van der Waals surface area contributed by atoms with Crippen molar-refractivity contribution in [3.8, 4) is 0 Å². The summed E-state index contributed by atoms with van der Waals surface area (Å²) in [4.78, 5) is 1.70. The molecule has 0 aliphatic rings. The van der Waals surface area contributed by atoms with Gasteiger partial charge >= 0.3 is 0 Å². The van der Waals surface area contributed by atoms with Crippen molar-refractivity contribution >= 4 is 10.1 Å². The maximum atomic E-state index is 11.5. The van der Waals surface area contributed by atoms with Crippen molar-refractivity contribution in [3.63, 3.8) is 0 Å². The predicted molar refractivity (Wildman–Crippen MR) is 74.7 cm³/mol. The molecule has 0 fully saturated rings. The number of allylic oxidation sites excluding steroid dienone is 1. The van der Waals surface area contributed by atoms with Crippen molar-refractivity contribution in [1.82, 2.24) is 4.90 Å². The summed E-state index contributed by atoms with van der Waals surface area (Å²) in [5.74, 6) is 0. The van der Waals surface area contributed by atoms with Gasteiger partial charge in [-0.2, -0.15) is 8.42 Å². The van der Waals surface area contributed by atoms with Gasteiger partial charge in [-0.05, 0) is 19.5 Å². The summed E-state index contributed by atoms with van der Waals surface area (Å²) >= 11 is 0. The Kier molecular flexibility index (Phi) is 6.88. The molecule has 1 N–H and O–H groups in total. The Morgan fingerprint density at radius 3 is 2.22 bits per heavy atom. The molecule has 0 amide bonds. The van der Waals surface area contributed by atoms with Gasteiger partial charge in [0.05, 0.1) is 27.7 Å². The van der Waals surface area contributed by atoms with Crippen LogP contribution in [0.3, 0.4) is 0 Å². The SMILES string of the molecule is CC=CN(CCC)C(CC[N+](C)(C)C)S(=O)(=O)O. The number of quaternary nitrogens is 1. The van der Waals surface area contributed by atoms with E-state index in [9.17, 15) is 13.0 Å². The Balaban J connectivity index is 4.97. The van der Waals surface area contributed by atoms with Crippen LogP contribution in [0, 0.1) is 0 Å². The lowest BCUT2D eigenvalue weighted by atomic mass is 10.3. The van der Waals surface area contributed by atoms with Gasteiger partial charge in [0.15, 0.2) is 5.37 Å². The molecule has 5 nitrogen and oxygen atoms in total. The van der Waals surface area contributed by atoms with Crippen LogP contribution in [0.15, 0.2) is 12.3 Å². The Hall–Kier alpha value is -0.590. The highest BCUT2D eigenvalue weighted by Crippen LogP contribution is 2.14. The van der Waals surface area contributed by atoms with Crippen LogP contribution in [0.2, 0.25) is 0 Å². The molecule has 18 heavy (non-hydrogen) atoms. The molecule has 1 unspecified atom stereocenters. The largest absolute Gasteiger partial charge is 0.359 e. The summed E-state index contributed by atoms with van der Waals surface area (Å²) in [5, 5.41) is -0.856. The lowest BCUT2D eigenvalue weighted by molar-refractivity contribution is -0.870. The third kappa shape index (κ3) is 6.98. The lowest BCUT2D eigenvalue weighted by Gasteiger charge is -2.31. The maximum absolute atomic E-state index is 11.5. The first-order valence-electron chi connectivity index (χ1n) is 6.27. The van der Waals surface area contributed by atoms with E-state index in [1.165, 1.54) is 0 Å². The Bertz CT molecular complexity index is 358. The van der Waals surface area contributed by atoms with Crippen LogP contribution in [-0.4, -0.2) is 62.0 Å². The van der Waals surface area contributed by atoms with Gasteiger partial charge < -0.3 is 9.38 Å². The summed E-state index contributed by atoms with van der Waals surface area (Å²) in [6.07, 6.45) is 4.77. The highest BCUT2D eigenvalue weighted by molar-refractivity contribution is 7.86. The number of hydrogen-bond donors (Lipinski definition) is 1. The van der Waals surface area contributed by atoms with Gasteiger partial charge in [0.2, 0.25) is 0 Å². The zero-order chi connectivity index (χ0) is 14.4. The second-order valence-corrected chi connectivity index (χ2v) is 7.07. The molecule has 0 aromatic carbocycles. The van der Waals surface area contributed by atoms with Crippen LogP contribution in [0.4, 0.5) is 0 Å². The third-order valence-electron chi connectivity index (χ3n) is 2.58. The first kappa shape index (κ1) is 17.4. The molecular formula is C12H27N2O3S+. The molecule has 0 saturated carbocycles. The van der Waals surface area contributed by atoms with E-state index in [2.05, 4.69) is 0 Å². The van der Waals surface area contributed by atoms with Gasteiger partial charge in [-0.3, -0.25) is 4.55 Å². The van der Waals surface area contributed by atoms with Gasteiger partial charge in [0, 0.05) is 13.0 Å². The van der Waals surface area contributed by atoms with Crippen LogP contribution in [0.25, 0.3) is 0 Å². The summed E-state index contributed by atoms with van der Waals surface area (Å²) in [5.41, 5.74) is 0. The van der Waals surface area contributed by atoms with Gasteiger partial charge in [-0.1, -0.05) is 13.0 Å². The van der Waals surface area contributed by atoms with Gasteiger partial charge in [0.25, 0.3) is 10.1 Å². The molecule has 0 saturated heterocycles. The fourth-order valence-corrected chi connectivity index (χ4v) is 2.67. The van der Waals surface area contributed by atoms with Crippen LogP contribution < -0.4 is 0 Å². The monoisotopic (exact) mass is 279 g/mol. The Morgan fingerprint density at radius 1 is 1.33 bits per heavy atom. The molecular weight excluding hydrogens is 252 g/mol. The molecule has 0 aliphatic heterocycles. The molecule has 0 radical (unpaired) electrons. The Labute approximate surface area is 111 Å². The second kappa shape index (κ2) is 7.11. The van der Waals surface area contributed by atoms with E-state index in [-0.39, 0.29) is 0 Å². The van der Waals surface area contributed by atoms with Gasteiger partial charge in [-0.25, -0.2) is 0 Å². The van der Waals surface area contributed by atoms with Crippen molar-refractivity contribution < 1.29 is 17.5 Å². The zero-order valence-electron chi connectivity index (χ0n) is 12.1. The number of hydrogen-bond acceptors (Lipinski definition) is 3. The summed E-state index contributed by atoms with van der Waals surface area (Å²) < 4.78 is 33.1. The summed E-state index contributed by atoms with van der Waals surface area (Å²) in [6, 6.07) is 0. The molecule has 0 aromatic heterocycles. The zero-order valence-corrected chi connectivity index (χ0v) is 12.9. The van der Waals surface area contributed by atoms with Gasteiger partial charge in [-0.15, -0.1) is 0 Å². The van der Waals surface area contributed by atoms with Crippen molar-refractivity contribution in [2.45, 2.75) is 32.1 Å². The topological polar surface area (TPSA) is 57.6 Å². The minimum Gasteiger partial charge on any atom is -0.359 e. The van der Waals surface area contributed by atoms with E-state index in [1.807, 2.05) is 35.0 Å². The van der Waals surface area contributed by atoms with Crippen molar-refractivity contribution in [2.75, 3.05) is 34.2 Å². The minimum atomic E-state index is -4.07. The van der Waals surface area contributed by atoms with E-state index in [1.54, 1.807) is 17.2 Å². The molecule has 0 heterocycles. The normalized spacial score (nSPS) is 15.0. The van der Waals surface area contributed by atoms with E-state index in [0.717, 1.165) is 6.42 Å². The smallest absolute Gasteiger partial charge is 0.286 e. The Morgan fingerprint density at radius 2 is 1.89 bits per heavy atom. The summed E-state index contributed by atoms with van der Waals surface area (Å²) in [6.45, 7) is 5.12. The third-order valence-corrected chi connectivity index (χ3v) is 3.78. The molecule has 0 aliphatic carbocycles. The van der Waals surface area contributed by atoms with Crippen LogP contribution in [0.1, 0.15) is 26.7 Å². The van der Waals surface area contributed by atoms with E-state index >= 15 is 0 Å². The van der Waals surface area contributed by atoms with E-state index in [0.29, 0.717) is 24.0 Å². The molecule has 1 atom stereocenters. The minimum absolute atomic E-state index is 0.409. The molecule has 0 spiro atoms. The average Bonchev–Trinajstić information content (AvgIpc) is 2.14.